The number of benzene rings is 1. The third kappa shape index (κ3) is 2.39. The fourth-order valence-electron chi connectivity index (χ4n) is 3.12. The zero-order valence-electron chi connectivity index (χ0n) is 12.2. The van der Waals surface area contributed by atoms with Gasteiger partial charge in [0.25, 0.3) is 0 Å². The largest absolute Gasteiger partial charge is 0.481 e. The van der Waals surface area contributed by atoms with E-state index in [0.717, 1.165) is 0 Å². The van der Waals surface area contributed by atoms with Crippen molar-refractivity contribution >= 4 is 5.97 Å². The molecule has 1 aliphatic heterocycles. The van der Waals surface area contributed by atoms with Crippen LogP contribution < -0.4 is 0 Å². The number of ether oxygens (including phenoxy) is 1. The molecule has 1 aromatic carbocycles. The lowest BCUT2D eigenvalue weighted by Gasteiger charge is -2.44. The van der Waals surface area contributed by atoms with Crippen LogP contribution in [-0.4, -0.2) is 24.3 Å². The van der Waals surface area contributed by atoms with Crippen molar-refractivity contribution < 1.29 is 14.6 Å². The molecule has 1 aliphatic rings. The first-order chi connectivity index (χ1) is 8.87. The molecule has 0 bridgehead atoms. The molecule has 1 saturated heterocycles. The minimum atomic E-state index is -0.731. The van der Waals surface area contributed by atoms with Crippen LogP contribution in [0, 0.1) is 27.7 Å². The van der Waals surface area contributed by atoms with Crippen LogP contribution >= 0.6 is 0 Å². The summed E-state index contributed by atoms with van der Waals surface area (Å²) in [6.45, 7) is 9.80. The molecular weight excluding hydrogens is 240 g/mol. The van der Waals surface area contributed by atoms with E-state index in [1.54, 1.807) is 0 Å². The molecule has 1 fully saturated rings. The zero-order chi connectivity index (χ0) is 14.2. The van der Waals surface area contributed by atoms with Crippen molar-refractivity contribution in [1.29, 1.82) is 0 Å². The SMILES string of the molecule is Cc1cc(C)c(C)c(C2(CCC(=O)O)COC2)c1C. The number of carboxylic acid groups (broad SMARTS) is 1. The summed E-state index contributed by atoms with van der Waals surface area (Å²) in [5.41, 5.74) is 6.36. The molecule has 0 aromatic heterocycles. The van der Waals surface area contributed by atoms with E-state index in [0.29, 0.717) is 19.6 Å². The number of aryl methyl sites for hydroxylation is 2. The summed E-state index contributed by atoms with van der Waals surface area (Å²) in [5.74, 6) is -0.731. The summed E-state index contributed by atoms with van der Waals surface area (Å²) >= 11 is 0. The van der Waals surface area contributed by atoms with Crippen LogP contribution in [0.25, 0.3) is 0 Å². The van der Waals surface area contributed by atoms with E-state index in [-0.39, 0.29) is 11.8 Å². The molecule has 104 valence electrons. The standard InChI is InChI=1S/C16H22O3/c1-10-7-11(2)13(4)15(12(10)3)16(8-19-9-16)6-5-14(17)18/h7H,5-6,8-9H2,1-4H3,(H,17,18). The molecule has 2 rings (SSSR count). The van der Waals surface area contributed by atoms with E-state index in [4.69, 9.17) is 9.84 Å². The molecule has 3 nitrogen and oxygen atoms in total. The number of aliphatic carboxylic acids is 1. The number of carboxylic acids is 1. The van der Waals surface area contributed by atoms with E-state index in [1.807, 2.05) is 0 Å². The Hall–Kier alpha value is -1.35. The Morgan fingerprint density at radius 3 is 2.11 bits per heavy atom. The molecule has 0 unspecified atom stereocenters. The van der Waals surface area contributed by atoms with Gasteiger partial charge in [-0.3, -0.25) is 4.79 Å². The third-order valence-corrected chi connectivity index (χ3v) is 4.47. The van der Waals surface area contributed by atoms with Crippen molar-refractivity contribution in [1.82, 2.24) is 0 Å². The number of hydrogen-bond acceptors (Lipinski definition) is 2. The first kappa shape index (κ1) is 14.1. The Kier molecular flexibility index (Phi) is 3.68. The van der Waals surface area contributed by atoms with Crippen LogP contribution in [0.2, 0.25) is 0 Å². The third-order valence-electron chi connectivity index (χ3n) is 4.47. The van der Waals surface area contributed by atoms with Crippen molar-refractivity contribution in [2.45, 2.75) is 46.0 Å². The molecule has 1 N–H and O–H groups in total. The molecule has 0 saturated carbocycles. The van der Waals surface area contributed by atoms with Gasteiger partial charge in [-0.25, -0.2) is 0 Å². The monoisotopic (exact) mass is 262 g/mol. The molecule has 19 heavy (non-hydrogen) atoms. The van der Waals surface area contributed by atoms with Crippen LogP contribution in [0.15, 0.2) is 6.07 Å². The number of rotatable bonds is 4. The van der Waals surface area contributed by atoms with Gasteiger partial charge >= 0.3 is 5.97 Å². The van der Waals surface area contributed by atoms with Crippen LogP contribution in [0.4, 0.5) is 0 Å². The maximum Gasteiger partial charge on any atom is 0.303 e. The molecule has 0 atom stereocenters. The Labute approximate surface area is 114 Å². The van der Waals surface area contributed by atoms with E-state index in [9.17, 15) is 4.79 Å². The van der Waals surface area contributed by atoms with Gasteiger partial charge in [0, 0.05) is 11.8 Å². The number of carbonyl (C=O) groups is 1. The molecule has 0 spiro atoms. The lowest BCUT2D eigenvalue weighted by Crippen LogP contribution is -2.48. The molecule has 0 amide bonds. The Morgan fingerprint density at radius 2 is 1.74 bits per heavy atom. The van der Waals surface area contributed by atoms with Crippen LogP contribution in [0.3, 0.4) is 0 Å². The normalized spacial score (nSPS) is 17.1. The number of hydrogen-bond donors (Lipinski definition) is 1. The predicted molar refractivity (Wildman–Crippen MR) is 74.8 cm³/mol. The van der Waals surface area contributed by atoms with Gasteiger partial charge < -0.3 is 9.84 Å². The van der Waals surface area contributed by atoms with Crippen molar-refractivity contribution in [3.8, 4) is 0 Å². The topological polar surface area (TPSA) is 46.5 Å². The van der Waals surface area contributed by atoms with Gasteiger partial charge in [-0.2, -0.15) is 0 Å². The molecule has 1 heterocycles. The summed E-state index contributed by atoms with van der Waals surface area (Å²) in [4.78, 5) is 10.9. The average Bonchev–Trinajstić information content (AvgIpc) is 2.28. The van der Waals surface area contributed by atoms with Crippen molar-refractivity contribution in [3.05, 3.63) is 33.9 Å². The lowest BCUT2D eigenvalue weighted by molar-refractivity contribution is -0.139. The second-order valence-electron chi connectivity index (χ2n) is 5.80. The molecular formula is C16H22O3. The highest BCUT2D eigenvalue weighted by atomic mass is 16.5. The van der Waals surface area contributed by atoms with Gasteiger partial charge in [0.1, 0.15) is 0 Å². The molecule has 0 radical (unpaired) electrons. The molecule has 1 aromatic rings. The lowest BCUT2D eigenvalue weighted by atomic mass is 9.70. The van der Waals surface area contributed by atoms with Gasteiger partial charge in [-0.15, -0.1) is 0 Å². The van der Waals surface area contributed by atoms with E-state index >= 15 is 0 Å². The highest BCUT2D eigenvalue weighted by Gasteiger charge is 2.42. The Balaban J connectivity index is 2.46. The summed E-state index contributed by atoms with van der Waals surface area (Å²) in [7, 11) is 0. The highest BCUT2D eigenvalue weighted by molar-refractivity contribution is 5.67. The van der Waals surface area contributed by atoms with E-state index in [2.05, 4.69) is 33.8 Å². The Morgan fingerprint density at radius 1 is 1.21 bits per heavy atom. The van der Waals surface area contributed by atoms with Gasteiger partial charge in [0.15, 0.2) is 0 Å². The van der Waals surface area contributed by atoms with E-state index < -0.39 is 5.97 Å². The van der Waals surface area contributed by atoms with E-state index in [1.165, 1.54) is 27.8 Å². The maximum absolute atomic E-state index is 10.9. The van der Waals surface area contributed by atoms with Gasteiger partial charge in [0.2, 0.25) is 0 Å². The summed E-state index contributed by atoms with van der Waals surface area (Å²) in [6, 6.07) is 2.21. The minimum Gasteiger partial charge on any atom is -0.481 e. The van der Waals surface area contributed by atoms with Crippen molar-refractivity contribution in [3.63, 3.8) is 0 Å². The fraction of sp³-hybridized carbons (Fsp3) is 0.562. The van der Waals surface area contributed by atoms with Crippen LogP contribution in [0.5, 0.6) is 0 Å². The second kappa shape index (κ2) is 4.97. The molecule has 0 aliphatic carbocycles. The zero-order valence-corrected chi connectivity index (χ0v) is 12.2. The fourth-order valence-corrected chi connectivity index (χ4v) is 3.12. The predicted octanol–water partition coefficient (Wildman–Crippen LogP) is 3.05. The highest BCUT2D eigenvalue weighted by Crippen LogP contribution is 2.41. The minimum absolute atomic E-state index is 0.0939. The summed E-state index contributed by atoms with van der Waals surface area (Å²) in [6.07, 6.45) is 0.863. The van der Waals surface area contributed by atoms with Gasteiger partial charge in [-0.05, 0) is 61.9 Å². The second-order valence-corrected chi connectivity index (χ2v) is 5.80. The smallest absolute Gasteiger partial charge is 0.303 e. The van der Waals surface area contributed by atoms with Crippen LogP contribution in [-0.2, 0) is 14.9 Å². The summed E-state index contributed by atoms with van der Waals surface area (Å²) < 4.78 is 5.42. The van der Waals surface area contributed by atoms with Crippen molar-refractivity contribution in [2.75, 3.05) is 13.2 Å². The average molecular weight is 262 g/mol. The summed E-state index contributed by atoms with van der Waals surface area (Å²) in [5, 5.41) is 8.95. The molecule has 3 heteroatoms. The van der Waals surface area contributed by atoms with Gasteiger partial charge in [0.05, 0.1) is 13.2 Å². The quantitative estimate of drug-likeness (QED) is 0.907. The van der Waals surface area contributed by atoms with Gasteiger partial charge in [-0.1, -0.05) is 6.07 Å². The first-order valence-corrected chi connectivity index (χ1v) is 6.75. The Bertz CT molecular complexity index is 487. The maximum atomic E-state index is 10.9. The first-order valence-electron chi connectivity index (χ1n) is 6.75. The van der Waals surface area contributed by atoms with Crippen LogP contribution in [0.1, 0.15) is 40.7 Å². The van der Waals surface area contributed by atoms with Crippen molar-refractivity contribution in [2.24, 2.45) is 0 Å².